The molecule has 0 aliphatic carbocycles. The standard InChI is InChI=1S/C17H15N3O2/c1-12-6-5-9-14(10-12)16-15(17(21)22)18-19-20(16)11-13-7-3-2-4-8-13/h2-10H,11H2,1H3,(H,21,22). The van der Waals surface area contributed by atoms with E-state index in [4.69, 9.17) is 0 Å². The molecule has 0 aliphatic heterocycles. The molecule has 22 heavy (non-hydrogen) atoms. The zero-order valence-electron chi connectivity index (χ0n) is 12.1. The van der Waals surface area contributed by atoms with Crippen LogP contribution in [0.2, 0.25) is 0 Å². The molecule has 3 rings (SSSR count). The molecule has 1 heterocycles. The number of hydrogen-bond acceptors (Lipinski definition) is 3. The minimum atomic E-state index is -1.07. The van der Waals surface area contributed by atoms with E-state index < -0.39 is 5.97 Å². The first-order chi connectivity index (χ1) is 10.6. The summed E-state index contributed by atoms with van der Waals surface area (Å²) in [5.74, 6) is -1.07. The van der Waals surface area contributed by atoms with Crippen molar-refractivity contribution in [2.24, 2.45) is 0 Å². The number of hydrogen-bond donors (Lipinski definition) is 1. The van der Waals surface area contributed by atoms with E-state index in [0.717, 1.165) is 16.7 Å². The Morgan fingerprint density at radius 2 is 1.91 bits per heavy atom. The van der Waals surface area contributed by atoms with Crippen molar-refractivity contribution in [2.75, 3.05) is 0 Å². The van der Waals surface area contributed by atoms with E-state index in [1.165, 1.54) is 0 Å². The Hall–Kier alpha value is -2.95. The highest BCUT2D eigenvalue weighted by Gasteiger charge is 2.20. The summed E-state index contributed by atoms with van der Waals surface area (Å²) in [6.07, 6.45) is 0. The molecule has 1 aromatic heterocycles. The molecule has 0 fully saturated rings. The van der Waals surface area contributed by atoms with E-state index in [1.807, 2.05) is 61.5 Å². The van der Waals surface area contributed by atoms with Crippen molar-refractivity contribution in [3.8, 4) is 11.3 Å². The summed E-state index contributed by atoms with van der Waals surface area (Å²) in [4.78, 5) is 11.4. The fraction of sp³-hybridized carbons (Fsp3) is 0.118. The molecule has 0 bridgehead atoms. The lowest BCUT2D eigenvalue weighted by Crippen LogP contribution is -2.06. The smallest absolute Gasteiger partial charge is 0.358 e. The maximum Gasteiger partial charge on any atom is 0.358 e. The molecule has 5 nitrogen and oxygen atoms in total. The second-order valence-electron chi connectivity index (χ2n) is 5.10. The van der Waals surface area contributed by atoms with Gasteiger partial charge < -0.3 is 5.11 Å². The third-order valence-corrected chi connectivity index (χ3v) is 3.40. The molecular formula is C17H15N3O2. The summed E-state index contributed by atoms with van der Waals surface area (Å²) >= 11 is 0. The van der Waals surface area contributed by atoms with Gasteiger partial charge in [-0.05, 0) is 18.6 Å². The van der Waals surface area contributed by atoms with Crippen LogP contribution in [0.4, 0.5) is 0 Å². The quantitative estimate of drug-likeness (QED) is 0.803. The largest absolute Gasteiger partial charge is 0.476 e. The SMILES string of the molecule is Cc1cccc(-c2c(C(=O)O)nnn2Cc2ccccc2)c1. The number of aromatic carboxylic acids is 1. The number of carbonyl (C=O) groups is 1. The van der Waals surface area contributed by atoms with Crippen LogP contribution in [-0.4, -0.2) is 26.1 Å². The van der Waals surface area contributed by atoms with Gasteiger partial charge in [0.15, 0.2) is 5.69 Å². The Balaban J connectivity index is 2.10. The number of aryl methyl sites for hydroxylation is 1. The predicted molar refractivity (Wildman–Crippen MR) is 82.7 cm³/mol. The van der Waals surface area contributed by atoms with Crippen LogP contribution in [0, 0.1) is 6.92 Å². The van der Waals surface area contributed by atoms with E-state index in [-0.39, 0.29) is 5.69 Å². The number of aromatic nitrogens is 3. The molecule has 0 unspecified atom stereocenters. The van der Waals surface area contributed by atoms with Crippen LogP contribution in [0.25, 0.3) is 11.3 Å². The lowest BCUT2D eigenvalue weighted by molar-refractivity contribution is 0.0691. The molecule has 0 saturated heterocycles. The summed E-state index contributed by atoms with van der Waals surface area (Å²) in [5.41, 5.74) is 3.40. The van der Waals surface area contributed by atoms with Gasteiger partial charge in [-0.2, -0.15) is 0 Å². The molecule has 0 radical (unpaired) electrons. The van der Waals surface area contributed by atoms with Crippen LogP contribution in [0.15, 0.2) is 54.6 Å². The van der Waals surface area contributed by atoms with Gasteiger partial charge in [-0.3, -0.25) is 0 Å². The molecule has 0 spiro atoms. The molecule has 0 atom stereocenters. The Bertz CT molecular complexity index is 810. The van der Waals surface area contributed by atoms with Crippen LogP contribution in [0.1, 0.15) is 21.6 Å². The second-order valence-corrected chi connectivity index (χ2v) is 5.10. The summed E-state index contributed by atoms with van der Waals surface area (Å²) in [6.45, 7) is 2.44. The number of benzene rings is 2. The third-order valence-electron chi connectivity index (χ3n) is 3.40. The molecule has 5 heteroatoms. The predicted octanol–water partition coefficient (Wildman–Crippen LogP) is 3.00. The van der Waals surface area contributed by atoms with Crippen molar-refractivity contribution in [3.05, 3.63) is 71.4 Å². The summed E-state index contributed by atoms with van der Waals surface area (Å²) in [6, 6.07) is 17.4. The molecule has 0 saturated carbocycles. The fourth-order valence-electron chi connectivity index (χ4n) is 2.40. The average Bonchev–Trinajstić information content (AvgIpc) is 2.92. The zero-order valence-corrected chi connectivity index (χ0v) is 12.1. The first kappa shape index (κ1) is 14.0. The van der Waals surface area contributed by atoms with Gasteiger partial charge >= 0.3 is 5.97 Å². The van der Waals surface area contributed by atoms with Crippen LogP contribution < -0.4 is 0 Å². The Morgan fingerprint density at radius 3 is 2.59 bits per heavy atom. The Kier molecular flexibility index (Phi) is 3.70. The highest BCUT2D eigenvalue weighted by molar-refractivity contribution is 5.92. The number of carboxylic acids is 1. The van der Waals surface area contributed by atoms with Gasteiger partial charge in [0, 0.05) is 5.56 Å². The monoisotopic (exact) mass is 293 g/mol. The van der Waals surface area contributed by atoms with Gasteiger partial charge in [0.05, 0.1) is 6.54 Å². The fourth-order valence-corrected chi connectivity index (χ4v) is 2.40. The third kappa shape index (κ3) is 2.74. The molecule has 110 valence electrons. The number of nitrogens with zero attached hydrogens (tertiary/aromatic N) is 3. The maximum absolute atomic E-state index is 11.4. The molecule has 2 aromatic carbocycles. The van der Waals surface area contributed by atoms with E-state index in [0.29, 0.717) is 12.2 Å². The minimum absolute atomic E-state index is 0.0264. The van der Waals surface area contributed by atoms with E-state index in [9.17, 15) is 9.90 Å². The summed E-state index contributed by atoms with van der Waals surface area (Å²) in [7, 11) is 0. The first-order valence-electron chi connectivity index (χ1n) is 6.93. The highest BCUT2D eigenvalue weighted by Crippen LogP contribution is 2.24. The average molecular weight is 293 g/mol. The van der Waals surface area contributed by atoms with Crippen molar-refractivity contribution >= 4 is 5.97 Å². The Morgan fingerprint density at radius 1 is 1.14 bits per heavy atom. The normalized spacial score (nSPS) is 10.6. The van der Waals surface area contributed by atoms with Gasteiger partial charge in [0.25, 0.3) is 0 Å². The molecular weight excluding hydrogens is 278 g/mol. The van der Waals surface area contributed by atoms with Crippen molar-refractivity contribution in [2.45, 2.75) is 13.5 Å². The highest BCUT2D eigenvalue weighted by atomic mass is 16.4. The number of carboxylic acid groups (broad SMARTS) is 1. The van der Waals surface area contributed by atoms with Crippen LogP contribution in [-0.2, 0) is 6.54 Å². The van der Waals surface area contributed by atoms with Crippen LogP contribution >= 0.6 is 0 Å². The zero-order chi connectivity index (χ0) is 15.5. The molecule has 1 N–H and O–H groups in total. The molecule has 0 amide bonds. The van der Waals surface area contributed by atoms with E-state index >= 15 is 0 Å². The van der Waals surface area contributed by atoms with Gasteiger partial charge in [0.2, 0.25) is 0 Å². The maximum atomic E-state index is 11.4. The van der Waals surface area contributed by atoms with Gasteiger partial charge in [-0.1, -0.05) is 59.3 Å². The summed E-state index contributed by atoms with van der Waals surface area (Å²) in [5, 5.41) is 17.2. The van der Waals surface area contributed by atoms with Gasteiger partial charge in [-0.15, -0.1) is 5.10 Å². The topological polar surface area (TPSA) is 68.0 Å². The minimum Gasteiger partial charge on any atom is -0.476 e. The molecule has 0 aliphatic rings. The summed E-state index contributed by atoms with van der Waals surface area (Å²) < 4.78 is 1.63. The van der Waals surface area contributed by atoms with Gasteiger partial charge in [0.1, 0.15) is 5.69 Å². The lowest BCUT2D eigenvalue weighted by Gasteiger charge is -2.08. The Labute approximate surface area is 127 Å². The second kappa shape index (κ2) is 5.81. The van der Waals surface area contributed by atoms with E-state index in [1.54, 1.807) is 4.68 Å². The van der Waals surface area contributed by atoms with Crippen molar-refractivity contribution in [3.63, 3.8) is 0 Å². The van der Waals surface area contributed by atoms with Crippen molar-refractivity contribution in [1.29, 1.82) is 0 Å². The van der Waals surface area contributed by atoms with Crippen LogP contribution in [0.3, 0.4) is 0 Å². The number of rotatable bonds is 4. The van der Waals surface area contributed by atoms with Crippen molar-refractivity contribution < 1.29 is 9.90 Å². The van der Waals surface area contributed by atoms with Gasteiger partial charge in [-0.25, -0.2) is 9.48 Å². The lowest BCUT2D eigenvalue weighted by atomic mass is 10.1. The van der Waals surface area contributed by atoms with Crippen LogP contribution in [0.5, 0.6) is 0 Å². The van der Waals surface area contributed by atoms with Crippen molar-refractivity contribution in [1.82, 2.24) is 15.0 Å². The van der Waals surface area contributed by atoms with E-state index in [2.05, 4.69) is 10.3 Å². The first-order valence-corrected chi connectivity index (χ1v) is 6.93. The molecule has 3 aromatic rings.